The molecule has 1 unspecified atom stereocenters. The van der Waals surface area contributed by atoms with Crippen LogP contribution in [0, 0.1) is 0 Å². The maximum Gasteiger partial charge on any atom is 0.293 e. The van der Waals surface area contributed by atoms with E-state index in [-0.39, 0.29) is 23.3 Å². The molecule has 0 radical (unpaired) electrons. The highest BCUT2D eigenvalue weighted by Crippen LogP contribution is 2.23. The lowest BCUT2D eigenvalue weighted by molar-refractivity contribution is -0.0791. The van der Waals surface area contributed by atoms with Crippen molar-refractivity contribution in [3.05, 3.63) is 22.7 Å². The van der Waals surface area contributed by atoms with E-state index in [2.05, 4.69) is 4.98 Å². The maximum atomic E-state index is 12.5. The number of rotatable bonds is 3. The molecular weight excluding hydrogens is 256 g/mol. The van der Waals surface area contributed by atoms with Crippen LogP contribution in [0.4, 0.5) is 5.82 Å². The van der Waals surface area contributed by atoms with Gasteiger partial charge >= 0.3 is 0 Å². The van der Waals surface area contributed by atoms with Crippen LogP contribution >= 0.6 is 0 Å². The Kier molecular flexibility index (Phi) is 4.15. The zero-order valence-corrected chi connectivity index (χ0v) is 12.7. The molecule has 0 saturated carbocycles. The highest BCUT2D eigenvalue weighted by Gasteiger charge is 2.34. The average molecular weight is 280 g/mol. The Hall–Kier alpha value is -1.40. The van der Waals surface area contributed by atoms with Gasteiger partial charge in [-0.05, 0) is 27.7 Å². The maximum absolute atomic E-state index is 12.5. The molecule has 0 aromatic carbocycles. The van der Waals surface area contributed by atoms with Gasteiger partial charge in [0.1, 0.15) is 0 Å². The van der Waals surface area contributed by atoms with Crippen molar-refractivity contribution in [2.45, 2.75) is 45.4 Å². The molecule has 112 valence electrons. The van der Waals surface area contributed by atoms with E-state index >= 15 is 0 Å². The molecule has 6 nitrogen and oxygen atoms in total. The molecule has 1 atom stereocenters. The summed E-state index contributed by atoms with van der Waals surface area (Å²) in [6, 6.07) is 0.114. The van der Waals surface area contributed by atoms with E-state index in [4.69, 9.17) is 10.5 Å². The van der Waals surface area contributed by atoms with E-state index in [0.717, 1.165) is 0 Å². The first-order chi connectivity index (χ1) is 9.34. The molecule has 0 spiro atoms. The highest BCUT2D eigenvalue weighted by atomic mass is 16.5. The molecule has 1 aliphatic heterocycles. The third-order valence-corrected chi connectivity index (χ3v) is 3.45. The predicted octanol–water partition coefficient (Wildman–Crippen LogP) is 0.767. The fourth-order valence-corrected chi connectivity index (χ4v) is 2.62. The van der Waals surface area contributed by atoms with Crippen LogP contribution in [-0.4, -0.2) is 40.9 Å². The third-order valence-electron chi connectivity index (χ3n) is 3.45. The topological polar surface area (TPSA) is 73.4 Å². The van der Waals surface area contributed by atoms with Crippen LogP contribution in [-0.2, 0) is 4.74 Å². The van der Waals surface area contributed by atoms with Crippen LogP contribution in [0.3, 0.4) is 0 Å². The monoisotopic (exact) mass is 280 g/mol. The van der Waals surface area contributed by atoms with Crippen molar-refractivity contribution in [2.24, 2.45) is 5.73 Å². The summed E-state index contributed by atoms with van der Waals surface area (Å²) in [7, 11) is 0. The van der Waals surface area contributed by atoms with Gasteiger partial charge in [0.25, 0.3) is 5.56 Å². The lowest BCUT2D eigenvalue weighted by atomic mass is 10.1. The molecule has 2 rings (SSSR count). The normalized spacial score (nSPS) is 22.3. The van der Waals surface area contributed by atoms with Crippen LogP contribution in [0.1, 0.15) is 33.7 Å². The summed E-state index contributed by atoms with van der Waals surface area (Å²) >= 11 is 0. The first-order valence-corrected chi connectivity index (χ1v) is 7.04. The molecule has 1 aliphatic rings. The van der Waals surface area contributed by atoms with Crippen LogP contribution in [0.2, 0.25) is 0 Å². The van der Waals surface area contributed by atoms with E-state index < -0.39 is 0 Å². The number of aromatic nitrogens is 2. The highest BCUT2D eigenvalue weighted by molar-refractivity contribution is 5.37. The van der Waals surface area contributed by atoms with Crippen LogP contribution in [0.25, 0.3) is 0 Å². The summed E-state index contributed by atoms with van der Waals surface area (Å²) in [6.45, 7) is 9.65. The summed E-state index contributed by atoms with van der Waals surface area (Å²) in [5.41, 5.74) is 5.33. The van der Waals surface area contributed by atoms with Crippen molar-refractivity contribution in [1.29, 1.82) is 0 Å². The minimum Gasteiger partial charge on any atom is -0.367 e. The van der Waals surface area contributed by atoms with Crippen LogP contribution in [0.15, 0.2) is 17.2 Å². The number of morpholine rings is 1. The van der Waals surface area contributed by atoms with Gasteiger partial charge in [-0.2, -0.15) is 0 Å². The molecule has 6 heteroatoms. The second kappa shape index (κ2) is 5.54. The fourth-order valence-electron chi connectivity index (χ4n) is 2.62. The zero-order valence-electron chi connectivity index (χ0n) is 12.7. The first kappa shape index (κ1) is 15.0. The number of nitrogens with zero attached hydrogens (tertiary/aromatic N) is 3. The molecule has 0 amide bonds. The summed E-state index contributed by atoms with van der Waals surface area (Å²) in [4.78, 5) is 18.8. The van der Waals surface area contributed by atoms with Crippen molar-refractivity contribution in [3.8, 4) is 0 Å². The molecule has 2 N–H and O–H groups in total. The lowest BCUT2D eigenvalue weighted by Gasteiger charge is -2.42. The van der Waals surface area contributed by atoms with E-state index in [0.29, 0.717) is 25.5 Å². The van der Waals surface area contributed by atoms with Crippen LogP contribution < -0.4 is 16.2 Å². The van der Waals surface area contributed by atoms with Crippen molar-refractivity contribution < 1.29 is 4.74 Å². The average Bonchev–Trinajstić information content (AvgIpc) is 2.36. The number of ether oxygens (including phenoxy) is 1. The van der Waals surface area contributed by atoms with Gasteiger partial charge in [0.2, 0.25) is 0 Å². The largest absolute Gasteiger partial charge is 0.367 e. The van der Waals surface area contributed by atoms with E-state index in [1.165, 1.54) is 0 Å². The molecule has 2 heterocycles. The van der Waals surface area contributed by atoms with Gasteiger partial charge in [0, 0.05) is 38.1 Å². The Morgan fingerprint density at radius 3 is 2.85 bits per heavy atom. The van der Waals surface area contributed by atoms with E-state index in [1.807, 2.05) is 32.6 Å². The Bertz CT molecular complexity index is 524. The van der Waals surface area contributed by atoms with Crippen molar-refractivity contribution in [3.63, 3.8) is 0 Å². The zero-order chi connectivity index (χ0) is 14.9. The fraction of sp³-hybridized carbons (Fsp3) is 0.714. The van der Waals surface area contributed by atoms with Gasteiger partial charge in [0.05, 0.1) is 11.7 Å². The summed E-state index contributed by atoms with van der Waals surface area (Å²) < 4.78 is 7.59. The predicted molar refractivity (Wildman–Crippen MR) is 79.1 cm³/mol. The Labute approximate surface area is 119 Å². The smallest absolute Gasteiger partial charge is 0.293 e. The number of hydrogen-bond donors (Lipinski definition) is 1. The molecule has 1 aromatic rings. The number of hydrogen-bond acceptors (Lipinski definition) is 5. The Balaban J connectivity index is 2.36. The Morgan fingerprint density at radius 2 is 2.25 bits per heavy atom. The molecular formula is C14H24N4O2. The summed E-state index contributed by atoms with van der Waals surface area (Å²) in [5.74, 6) is 0.482. The Morgan fingerprint density at radius 1 is 1.55 bits per heavy atom. The number of nitrogens with two attached hydrogens (primary N) is 1. The molecule has 1 saturated heterocycles. The second-order valence-corrected chi connectivity index (χ2v) is 6.17. The molecule has 1 aromatic heterocycles. The van der Waals surface area contributed by atoms with Crippen molar-refractivity contribution in [1.82, 2.24) is 9.55 Å². The lowest BCUT2D eigenvalue weighted by Crippen LogP contribution is -2.56. The van der Waals surface area contributed by atoms with Gasteiger partial charge in [-0.3, -0.25) is 4.79 Å². The minimum absolute atomic E-state index is 0.0593. The summed E-state index contributed by atoms with van der Waals surface area (Å²) in [5, 5.41) is 0. The van der Waals surface area contributed by atoms with Gasteiger partial charge in [-0.15, -0.1) is 0 Å². The van der Waals surface area contributed by atoms with Gasteiger partial charge in [-0.1, -0.05) is 0 Å². The summed E-state index contributed by atoms with van der Waals surface area (Å²) in [6.07, 6.45) is 3.33. The molecule has 0 aliphatic carbocycles. The van der Waals surface area contributed by atoms with E-state index in [1.54, 1.807) is 17.0 Å². The van der Waals surface area contributed by atoms with E-state index in [9.17, 15) is 4.79 Å². The van der Waals surface area contributed by atoms with Crippen LogP contribution in [0.5, 0.6) is 0 Å². The molecule has 20 heavy (non-hydrogen) atoms. The number of anilines is 1. The minimum atomic E-state index is -0.338. The van der Waals surface area contributed by atoms with Crippen molar-refractivity contribution >= 4 is 5.82 Å². The van der Waals surface area contributed by atoms with Gasteiger partial charge < -0.3 is 19.9 Å². The van der Waals surface area contributed by atoms with Crippen molar-refractivity contribution in [2.75, 3.05) is 24.5 Å². The SMILES string of the molecule is CC(C)n1ccnc(N2CC(CN)OC(C)(C)C2)c1=O. The second-order valence-electron chi connectivity index (χ2n) is 6.17. The third kappa shape index (κ3) is 3.02. The first-order valence-electron chi connectivity index (χ1n) is 7.04. The molecule has 0 bridgehead atoms. The quantitative estimate of drug-likeness (QED) is 0.885. The standard InChI is InChI=1S/C14H24N4O2/c1-10(2)18-6-5-16-12(13(18)19)17-8-11(7-15)20-14(3,4)9-17/h5-6,10-11H,7-9,15H2,1-4H3. The van der Waals surface area contributed by atoms with Gasteiger partial charge in [0.15, 0.2) is 5.82 Å². The van der Waals surface area contributed by atoms with Gasteiger partial charge in [-0.25, -0.2) is 4.98 Å². The molecule has 1 fully saturated rings.